The standard InChI is InChI=1S/C18H24O6S.C2H6/c1-17(2,3)13-8-11(7-12(9-13)14(19)20)10-18(15(21)22,16(23)24)5-4-6-25;1-2/h7-9,25H,4-6,10H2,1-3H3,(H,19,20)(H,21,22)(H,23,24);1-2H3. The van der Waals surface area contributed by atoms with Gasteiger partial charge in [0.15, 0.2) is 5.41 Å². The molecule has 7 heteroatoms. The Bertz CT molecular complexity index is 662. The molecule has 0 aliphatic heterocycles. The third-order valence-corrected chi connectivity index (χ3v) is 4.51. The van der Waals surface area contributed by atoms with E-state index in [2.05, 4.69) is 12.6 Å². The maximum Gasteiger partial charge on any atom is 0.335 e. The number of hydrogen-bond acceptors (Lipinski definition) is 4. The molecule has 0 aromatic heterocycles. The van der Waals surface area contributed by atoms with Crippen LogP contribution in [-0.4, -0.2) is 39.0 Å². The smallest absolute Gasteiger partial charge is 0.335 e. The Morgan fingerprint density at radius 2 is 1.48 bits per heavy atom. The number of aromatic carboxylic acids is 1. The van der Waals surface area contributed by atoms with Crippen LogP contribution < -0.4 is 0 Å². The first-order valence-electron chi connectivity index (χ1n) is 8.89. The summed E-state index contributed by atoms with van der Waals surface area (Å²) in [5, 5.41) is 28.5. The molecule has 0 aliphatic rings. The summed E-state index contributed by atoms with van der Waals surface area (Å²) in [5.41, 5.74) is -1.26. The molecule has 152 valence electrons. The van der Waals surface area contributed by atoms with E-state index in [1.165, 1.54) is 12.1 Å². The highest BCUT2D eigenvalue weighted by Gasteiger charge is 2.46. The van der Waals surface area contributed by atoms with Gasteiger partial charge in [-0.25, -0.2) is 4.79 Å². The highest BCUT2D eigenvalue weighted by atomic mass is 32.1. The molecule has 0 saturated carbocycles. The first kappa shape index (κ1) is 25.0. The number of carbonyl (C=O) groups is 3. The van der Waals surface area contributed by atoms with E-state index in [1.807, 2.05) is 34.6 Å². The van der Waals surface area contributed by atoms with Crippen LogP contribution >= 0.6 is 12.6 Å². The van der Waals surface area contributed by atoms with E-state index in [0.717, 1.165) is 0 Å². The summed E-state index contributed by atoms with van der Waals surface area (Å²) in [6, 6.07) is 4.56. The van der Waals surface area contributed by atoms with Gasteiger partial charge in [0, 0.05) is 0 Å². The number of aliphatic carboxylic acids is 2. The maximum absolute atomic E-state index is 11.8. The zero-order valence-electron chi connectivity index (χ0n) is 16.6. The molecule has 1 aromatic carbocycles. The van der Waals surface area contributed by atoms with Crippen molar-refractivity contribution in [2.24, 2.45) is 5.41 Å². The first-order valence-corrected chi connectivity index (χ1v) is 9.52. The largest absolute Gasteiger partial charge is 0.480 e. The van der Waals surface area contributed by atoms with E-state index in [4.69, 9.17) is 0 Å². The van der Waals surface area contributed by atoms with Gasteiger partial charge in [-0.3, -0.25) is 9.59 Å². The predicted molar refractivity (Wildman–Crippen MR) is 108 cm³/mol. The third-order valence-electron chi connectivity index (χ3n) is 4.19. The van der Waals surface area contributed by atoms with Gasteiger partial charge in [-0.15, -0.1) is 0 Å². The van der Waals surface area contributed by atoms with E-state index in [9.17, 15) is 29.7 Å². The first-order chi connectivity index (χ1) is 12.4. The van der Waals surface area contributed by atoms with Crippen LogP contribution in [0, 0.1) is 5.41 Å². The highest BCUT2D eigenvalue weighted by molar-refractivity contribution is 7.80. The molecule has 27 heavy (non-hydrogen) atoms. The lowest BCUT2D eigenvalue weighted by Crippen LogP contribution is -2.41. The number of benzene rings is 1. The molecule has 3 N–H and O–H groups in total. The third kappa shape index (κ3) is 6.57. The van der Waals surface area contributed by atoms with Gasteiger partial charge in [0.25, 0.3) is 0 Å². The average molecular weight is 399 g/mol. The Kier molecular flexibility index (Phi) is 9.57. The van der Waals surface area contributed by atoms with Gasteiger partial charge in [-0.1, -0.05) is 40.7 Å². The number of rotatable bonds is 8. The van der Waals surface area contributed by atoms with Crippen LogP contribution in [0.3, 0.4) is 0 Å². The maximum atomic E-state index is 11.8. The lowest BCUT2D eigenvalue weighted by Gasteiger charge is -2.26. The fourth-order valence-corrected chi connectivity index (χ4v) is 2.78. The van der Waals surface area contributed by atoms with Crippen molar-refractivity contribution in [3.8, 4) is 0 Å². The molecule has 6 nitrogen and oxygen atoms in total. The number of thiol groups is 1. The molecule has 0 aliphatic carbocycles. The van der Waals surface area contributed by atoms with Gasteiger partial charge in [0.05, 0.1) is 5.56 Å². The summed E-state index contributed by atoms with van der Waals surface area (Å²) in [6.45, 7) is 9.71. The predicted octanol–water partition coefficient (Wildman–Crippen LogP) is 4.12. The number of carboxylic acid groups (broad SMARTS) is 3. The fraction of sp³-hybridized carbons (Fsp3) is 0.550. The average Bonchev–Trinajstić information content (AvgIpc) is 2.58. The van der Waals surface area contributed by atoms with Gasteiger partial charge in [-0.05, 0) is 53.7 Å². The molecule has 1 aromatic rings. The Morgan fingerprint density at radius 3 is 1.85 bits per heavy atom. The molecule has 0 saturated heterocycles. The fourth-order valence-electron chi connectivity index (χ4n) is 2.62. The van der Waals surface area contributed by atoms with Gasteiger partial charge in [0.1, 0.15) is 0 Å². The molecule has 0 spiro atoms. The molecule has 0 heterocycles. The van der Waals surface area contributed by atoms with Crippen LogP contribution in [0.4, 0.5) is 0 Å². The molecular formula is C20H30O6S. The molecule has 0 fully saturated rings. The Balaban J connectivity index is 0.00000326. The van der Waals surface area contributed by atoms with Gasteiger partial charge in [-0.2, -0.15) is 12.6 Å². The summed E-state index contributed by atoms with van der Waals surface area (Å²) >= 11 is 4.03. The van der Waals surface area contributed by atoms with Crippen LogP contribution in [0.2, 0.25) is 0 Å². The SMILES string of the molecule is CC.CC(C)(C)c1cc(CC(CCCS)(C(=O)O)C(=O)O)cc(C(=O)O)c1. The molecule has 0 bridgehead atoms. The normalized spacial score (nSPS) is 11.3. The van der Waals surface area contributed by atoms with Crippen molar-refractivity contribution in [2.75, 3.05) is 5.75 Å². The second-order valence-electron chi connectivity index (χ2n) is 7.17. The molecule has 0 amide bonds. The molecule has 0 radical (unpaired) electrons. The molecule has 1 rings (SSSR count). The van der Waals surface area contributed by atoms with E-state index in [0.29, 0.717) is 23.3 Å². The van der Waals surface area contributed by atoms with Crippen molar-refractivity contribution in [3.63, 3.8) is 0 Å². The van der Waals surface area contributed by atoms with E-state index in [-0.39, 0.29) is 23.8 Å². The zero-order chi connectivity index (χ0) is 21.4. The second kappa shape index (κ2) is 10.3. The van der Waals surface area contributed by atoms with Crippen LogP contribution in [0.25, 0.3) is 0 Å². The van der Waals surface area contributed by atoms with Gasteiger partial charge < -0.3 is 15.3 Å². The van der Waals surface area contributed by atoms with E-state index >= 15 is 0 Å². The van der Waals surface area contributed by atoms with Gasteiger partial charge >= 0.3 is 17.9 Å². The quantitative estimate of drug-likeness (QED) is 0.387. The van der Waals surface area contributed by atoms with Crippen molar-refractivity contribution < 1.29 is 29.7 Å². The van der Waals surface area contributed by atoms with Crippen LogP contribution in [0.15, 0.2) is 18.2 Å². The van der Waals surface area contributed by atoms with Crippen LogP contribution in [-0.2, 0) is 21.4 Å². The molecule has 0 unspecified atom stereocenters. The second-order valence-corrected chi connectivity index (χ2v) is 7.62. The summed E-state index contributed by atoms with van der Waals surface area (Å²) in [4.78, 5) is 34.9. The van der Waals surface area contributed by atoms with Crippen molar-refractivity contribution in [2.45, 2.75) is 59.3 Å². The lowest BCUT2D eigenvalue weighted by atomic mass is 9.76. The van der Waals surface area contributed by atoms with E-state index in [1.54, 1.807) is 6.07 Å². The number of hydrogen-bond donors (Lipinski definition) is 4. The van der Waals surface area contributed by atoms with Crippen molar-refractivity contribution in [1.29, 1.82) is 0 Å². The van der Waals surface area contributed by atoms with Crippen molar-refractivity contribution in [3.05, 3.63) is 34.9 Å². The van der Waals surface area contributed by atoms with Crippen LogP contribution in [0.1, 0.15) is 68.9 Å². The molecule has 0 atom stereocenters. The topological polar surface area (TPSA) is 112 Å². The Labute approximate surface area is 166 Å². The summed E-state index contributed by atoms with van der Waals surface area (Å²) in [6.07, 6.45) is -0.0363. The van der Waals surface area contributed by atoms with Crippen molar-refractivity contribution in [1.82, 2.24) is 0 Å². The lowest BCUT2D eigenvalue weighted by molar-refractivity contribution is -0.165. The van der Waals surface area contributed by atoms with E-state index < -0.39 is 23.3 Å². The molecular weight excluding hydrogens is 368 g/mol. The monoisotopic (exact) mass is 398 g/mol. The minimum absolute atomic E-state index is 0.0151. The Morgan fingerprint density at radius 1 is 0.963 bits per heavy atom. The summed E-state index contributed by atoms with van der Waals surface area (Å²) < 4.78 is 0. The minimum atomic E-state index is -2.00. The van der Waals surface area contributed by atoms with Gasteiger partial charge in [0.2, 0.25) is 0 Å². The van der Waals surface area contributed by atoms with Crippen molar-refractivity contribution >= 4 is 30.5 Å². The Hall–Kier alpha value is -2.02. The van der Waals surface area contributed by atoms with Crippen LogP contribution in [0.5, 0.6) is 0 Å². The highest BCUT2D eigenvalue weighted by Crippen LogP contribution is 2.33. The number of carboxylic acids is 3. The summed E-state index contributed by atoms with van der Waals surface area (Å²) in [7, 11) is 0. The zero-order valence-corrected chi connectivity index (χ0v) is 17.5. The summed E-state index contributed by atoms with van der Waals surface area (Å²) in [5.74, 6) is -3.64. The minimum Gasteiger partial charge on any atom is -0.480 e.